The second kappa shape index (κ2) is 5.17. The average molecular weight is 313 g/mol. The molecule has 0 amide bonds. The number of nitrogens with one attached hydrogen (secondary N) is 1. The molecule has 0 aliphatic rings. The molecule has 2 rings (SSSR count). The van der Waals surface area contributed by atoms with Crippen molar-refractivity contribution in [2.24, 2.45) is 0 Å². The minimum atomic E-state index is -3.88. The maximum Gasteiger partial charge on any atom is 0.335 e. The standard InChI is InChI=1S/C11H11N3O4S2/c1-6-3-4-8(5-9(6)10(15)16)20(17,18)14-11-12-7(2)13-19-11/h3-5H,1-2H3,(H,15,16)(H,12,13,14). The van der Waals surface area contributed by atoms with E-state index in [1.165, 1.54) is 12.1 Å². The van der Waals surface area contributed by atoms with Crippen LogP contribution in [-0.4, -0.2) is 28.9 Å². The van der Waals surface area contributed by atoms with Gasteiger partial charge in [0.15, 0.2) is 0 Å². The molecular formula is C11H11N3O4S2. The third-order valence-electron chi connectivity index (χ3n) is 2.50. The predicted octanol–water partition coefficient (Wildman–Crippen LogP) is 1.65. The van der Waals surface area contributed by atoms with Crippen LogP contribution in [0.2, 0.25) is 0 Å². The molecule has 0 unspecified atom stereocenters. The molecule has 0 aliphatic heterocycles. The second-order valence-electron chi connectivity index (χ2n) is 4.03. The summed E-state index contributed by atoms with van der Waals surface area (Å²) in [4.78, 5) is 14.8. The van der Waals surface area contributed by atoms with Crippen LogP contribution in [0.15, 0.2) is 23.1 Å². The fourth-order valence-electron chi connectivity index (χ4n) is 1.51. The molecular weight excluding hydrogens is 302 g/mol. The topological polar surface area (TPSA) is 109 Å². The smallest absolute Gasteiger partial charge is 0.335 e. The van der Waals surface area contributed by atoms with Gasteiger partial charge in [-0.1, -0.05) is 6.07 Å². The number of carboxylic acid groups (broad SMARTS) is 1. The summed E-state index contributed by atoms with van der Waals surface area (Å²) in [5.41, 5.74) is 0.435. The summed E-state index contributed by atoms with van der Waals surface area (Å²) in [6.07, 6.45) is 0. The van der Waals surface area contributed by atoms with Crippen molar-refractivity contribution in [1.29, 1.82) is 0 Å². The lowest BCUT2D eigenvalue weighted by molar-refractivity contribution is 0.0696. The van der Waals surface area contributed by atoms with Gasteiger partial charge in [0.25, 0.3) is 10.0 Å². The van der Waals surface area contributed by atoms with Crippen molar-refractivity contribution in [2.75, 3.05) is 4.72 Å². The quantitative estimate of drug-likeness (QED) is 0.888. The fourth-order valence-corrected chi connectivity index (χ4v) is 3.34. The third-order valence-corrected chi connectivity index (χ3v) is 4.69. The molecule has 0 fully saturated rings. The van der Waals surface area contributed by atoms with Crippen LogP contribution in [0.3, 0.4) is 0 Å². The predicted molar refractivity (Wildman–Crippen MR) is 73.6 cm³/mol. The number of aromatic carboxylic acids is 1. The first-order valence-corrected chi connectivity index (χ1v) is 7.72. The normalized spacial score (nSPS) is 11.3. The molecule has 2 aromatic rings. The van der Waals surface area contributed by atoms with Crippen LogP contribution in [0.4, 0.5) is 5.13 Å². The van der Waals surface area contributed by atoms with Crippen LogP contribution in [0.25, 0.3) is 0 Å². The molecule has 0 bridgehead atoms. The Morgan fingerprint density at radius 2 is 2.05 bits per heavy atom. The summed E-state index contributed by atoms with van der Waals surface area (Å²) >= 11 is 0.917. The summed E-state index contributed by atoms with van der Waals surface area (Å²) in [6, 6.07) is 3.91. The van der Waals surface area contributed by atoms with Crippen molar-refractivity contribution in [3.05, 3.63) is 35.2 Å². The van der Waals surface area contributed by atoms with Gasteiger partial charge in [-0.25, -0.2) is 18.2 Å². The molecule has 0 radical (unpaired) electrons. The van der Waals surface area contributed by atoms with Crippen LogP contribution in [0.5, 0.6) is 0 Å². The van der Waals surface area contributed by atoms with E-state index in [2.05, 4.69) is 14.1 Å². The van der Waals surface area contributed by atoms with Crippen molar-refractivity contribution in [1.82, 2.24) is 9.36 Å². The number of carbonyl (C=O) groups is 1. The van der Waals surface area contributed by atoms with Crippen LogP contribution in [-0.2, 0) is 10.0 Å². The molecule has 0 atom stereocenters. The van der Waals surface area contributed by atoms with E-state index in [1.807, 2.05) is 0 Å². The van der Waals surface area contributed by atoms with Gasteiger partial charge in [0.05, 0.1) is 10.5 Å². The molecule has 9 heteroatoms. The first-order chi connectivity index (χ1) is 9.29. The van der Waals surface area contributed by atoms with Crippen LogP contribution in [0.1, 0.15) is 21.7 Å². The zero-order valence-electron chi connectivity index (χ0n) is 10.6. The van der Waals surface area contributed by atoms with E-state index in [1.54, 1.807) is 13.8 Å². The number of benzene rings is 1. The summed E-state index contributed by atoms with van der Waals surface area (Å²) in [5, 5.41) is 9.15. The average Bonchev–Trinajstić information content (AvgIpc) is 2.73. The van der Waals surface area contributed by atoms with E-state index in [4.69, 9.17) is 5.11 Å². The maximum atomic E-state index is 12.1. The number of aromatic nitrogens is 2. The Hall–Kier alpha value is -2.00. The lowest BCUT2D eigenvalue weighted by Crippen LogP contribution is -2.14. The molecule has 0 saturated heterocycles. The van der Waals surface area contributed by atoms with Crippen LogP contribution < -0.4 is 4.72 Å². The van der Waals surface area contributed by atoms with Crippen molar-refractivity contribution >= 4 is 32.7 Å². The lowest BCUT2D eigenvalue weighted by Gasteiger charge is -2.07. The number of hydrogen-bond donors (Lipinski definition) is 2. The minimum Gasteiger partial charge on any atom is -0.478 e. The van der Waals surface area contributed by atoms with Crippen molar-refractivity contribution in [3.8, 4) is 0 Å². The Morgan fingerprint density at radius 1 is 1.35 bits per heavy atom. The summed E-state index contributed by atoms with van der Waals surface area (Å²) in [6.45, 7) is 3.24. The van der Waals surface area contributed by atoms with E-state index in [-0.39, 0.29) is 15.6 Å². The molecule has 0 saturated carbocycles. The number of hydrogen-bond acceptors (Lipinski definition) is 6. The van der Waals surface area contributed by atoms with Gasteiger partial charge in [0.1, 0.15) is 5.82 Å². The maximum absolute atomic E-state index is 12.1. The number of carboxylic acids is 1. The fraction of sp³-hybridized carbons (Fsp3) is 0.182. The van der Waals surface area contributed by atoms with Crippen molar-refractivity contribution < 1.29 is 18.3 Å². The molecule has 1 heterocycles. The highest BCUT2D eigenvalue weighted by atomic mass is 32.2. The first-order valence-electron chi connectivity index (χ1n) is 5.46. The van der Waals surface area contributed by atoms with Crippen LogP contribution in [0, 0.1) is 13.8 Å². The Labute approximate surface area is 119 Å². The van der Waals surface area contributed by atoms with Crippen molar-refractivity contribution in [3.63, 3.8) is 0 Å². The summed E-state index contributed by atoms with van der Waals surface area (Å²) in [7, 11) is -3.88. The number of rotatable bonds is 4. The summed E-state index contributed by atoms with van der Waals surface area (Å²) < 4.78 is 30.4. The Bertz CT molecular complexity index is 768. The Morgan fingerprint density at radius 3 is 2.60 bits per heavy atom. The van der Waals surface area contributed by atoms with E-state index in [0.29, 0.717) is 11.4 Å². The Balaban J connectivity index is 2.39. The minimum absolute atomic E-state index is 0.0543. The second-order valence-corrected chi connectivity index (χ2v) is 6.47. The van der Waals surface area contributed by atoms with E-state index < -0.39 is 16.0 Å². The van der Waals surface area contributed by atoms with Crippen molar-refractivity contribution in [2.45, 2.75) is 18.7 Å². The van der Waals surface area contributed by atoms with Gasteiger partial charge >= 0.3 is 5.97 Å². The molecule has 0 aliphatic carbocycles. The highest BCUT2D eigenvalue weighted by Gasteiger charge is 2.19. The van der Waals surface area contributed by atoms with Gasteiger partial charge < -0.3 is 5.11 Å². The number of anilines is 1. The number of nitrogens with zero attached hydrogens (tertiary/aromatic N) is 2. The third kappa shape index (κ3) is 2.94. The van der Waals surface area contributed by atoms with Crippen LogP contribution >= 0.6 is 11.5 Å². The molecule has 106 valence electrons. The van der Waals surface area contributed by atoms with E-state index in [0.717, 1.165) is 17.6 Å². The van der Waals surface area contributed by atoms with Gasteiger partial charge in [-0.15, -0.1) is 0 Å². The molecule has 0 spiro atoms. The molecule has 7 nitrogen and oxygen atoms in total. The molecule has 1 aromatic carbocycles. The van der Waals surface area contributed by atoms with Gasteiger partial charge in [-0.2, -0.15) is 4.37 Å². The van der Waals surface area contributed by atoms with Gasteiger partial charge in [-0.3, -0.25) is 4.72 Å². The van der Waals surface area contributed by atoms with E-state index >= 15 is 0 Å². The number of aryl methyl sites for hydroxylation is 2. The lowest BCUT2D eigenvalue weighted by atomic mass is 10.1. The Kier molecular flexibility index (Phi) is 3.73. The number of sulfonamides is 1. The monoisotopic (exact) mass is 313 g/mol. The highest BCUT2D eigenvalue weighted by Crippen LogP contribution is 2.20. The van der Waals surface area contributed by atoms with Gasteiger partial charge in [-0.05, 0) is 31.5 Å². The summed E-state index contributed by atoms with van der Waals surface area (Å²) in [5.74, 6) is -0.714. The first kappa shape index (κ1) is 14.4. The SMILES string of the molecule is Cc1nsc(NS(=O)(=O)c2ccc(C)c(C(=O)O)c2)n1. The molecule has 1 aromatic heterocycles. The highest BCUT2D eigenvalue weighted by molar-refractivity contribution is 7.93. The van der Waals surface area contributed by atoms with E-state index in [9.17, 15) is 13.2 Å². The zero-order chi connectivity index (χ0) is 14.9. The van der Waals surface area contributed by atoms with Gasteiger partial charge in [0.2, 0.25) is 5.13 Å². The zero-order valence-corrected chi connectivity index (χ0v) is 12.2. The van der Waals surface area contributed by atoms with Gasteiger partial charge in [0, 0.05) is 11.5 Å². The molecule has 20 heavy (non-hydrogen) atoms. The molecule has 2 N–H and O–H groups in total. The largest absolute Gasteiger partial charge is 0.478 e.